The average molecular weight is 336 g/mol. The molecule has 4 rings (SSSR count). The molecule has 1 atom stereocenters. The predicted octanol–water partition coefficient (Wildman–Crippen LogP) is 2.90. The third-order valence-electron chi connectivity index (χ3n) is 5.59. The van der Waals surface area contributed by atoms with Gasteiger partial charge in [-0.3, -0.25) is 9.69 Å². The van der Waals surface area contributed by atoms with Crippen LogP contribution >= 0.6 is 0 Å². The SMILES string of the molecule is COc1cccc(CN2CCCC23Cc2ccccc2CNC3=O)c1. The Morgan fingerprint density at radius 1 is 1.16 bits per heavy atom. The Morgan fingerprint density at radius 2 is 2.00 bits per heavy atom. The predicted molar refractivity (Wildman–Crippen MR) is 97.4 cm³/mol. The summed E-state index contributed by atoms with van der Waals surface area (Å²) in [7, 11) is 1.69. The first-order valence-corrected chi connectivity index (χ1v) is 8.94. The third-order valence-corrected chi connectivity index (χ3v) is 5.59. The van der Waals surface area contributed by atoms with Crippen LogP contribution in [-0.2, 0) is 24.3 Å². The van der Waals surface area contributed by atoms with Gasteiger partial charge in [-0.15, -0.1) is 0 Å². The minimum Gasteiger partial charge on any atom is -0.497 e. The van der Waals surface area contributed by atoms with Crippen molar-refractivity contribution in [3.8, 4) is 5.75 Å². The molecule has 0 aliphatic carbocycles. The Labute approximate surface area is 148 Å². The van der Waals surface area contributed by atoms with E-state index in [2.05, 4.69) is 40.5 Å². The van der Waals surface area contributed by atoms with Crippen LogP contribution in [0.25, 0.3) is 0 Å². The number of amides is 1. The van der Waals surface area contributed by atoms with Crippen LogP contribution in [0.4, 0.5) is 0 Å². The molecule has 4 heteroatoms. The highest BCUT2D eigenvalue weighted by Crippen LogP contribution is 2.37. The molecule has 2 aromatic rings. The summed E-state index contributed by atoms with van der Waals surface area (Å²) in [5.74, 6) is 1.03. The molecule has 1 fully saturated rings. The second-order valence-corrected chi connectivity index (χ2v) is 7.04. The van der Waals surface area contributed by atoms with E-state index in [9.17, 15) is 4.79 Å². The van der Waals surface area contributed by atoms with E-state index < -0.39 is 5.54 Å². The van der Waals surface area contributed by atoms with Gasteiger partial charge in [0.05, 0.1) is 7.11 Å². The van der Waals surface area contributed by atoms with Crippen LogP contribution in [0.1, 0.15) is 29.5 Å². The number of likely N-dealkylation sites (tertiary alicyclic amines) is 1. The highest BCUT2D eigenvalue weighted by molar-refractivity contribution is 5.87. The molecule has 130 valence electrons. The van der Waals surface area contributed by atoms with E-state index in [1.54, 1.807) is 7.11 Å². The molecule has 4 nitrogen and oxygen atoms in total. The zero-order valence-electron chi connectivity index (χ0n) is 14.6. The van der Waals surface area contributed by atoms with Crippen molar-refractivity contribution in [2.45, 2.75) is 37.9 Å². The molecule has 0 bridgehead atoms. The lowest BCUT2D eigenvalue weighted by molar-refractivity contribution is -0.132. The van der Waals surface area contributed by atoms with Crippen LogP contribution in [-0.4, -0.2) is 30.0 Å². The van der Waals surface area contributed by atoms with Gasteiger partial charge in [-0.1, -0.05) is 36.4 Å². The first-order chi connectivity index (χ1) is 12.2. The smallest absolute Gasteiger partial charge is 0.241 e. The highest BCUT2D eigenvalue weighted by Gasteiger charge is 2.48. The molecule has 2 aliphatic rings. The largest absolute Gasteiger partial charge is 0.497 e. The Morgan fingerprint density at radius 3 is 2.84 bits per heavy atom. The third kappa shape index (κ3) is 2.91. The molecule has 1 unspecified atom stereocenters. The van der Waals surface area contributed by atoms with Gasteiger partial charge >= 0.3 is 0 Å². The number of rotatable bonds is 3. The molecule has 0 saturated carbocycles. The summed E-state index contributed by atoms with van der Waals surface area (Å²) in [6.07, 6.45) is 2.76. The fourth-order valence-corrected chi connectivity index (χ4v) is 4.25. The maximum absolute atomic E-state index is 13.1. The van der Waals surface area contributed by atoms with Crippen molar-refractivity contribution in [1.29, 1.82) is 0 Å². The summed E-state index contributed by atoms with van der Waals surface area (Å²) in [6.45, 7) is 2.35. The number of nitrogens with one attached hydrogen (secondary N) is 1. The standard InChI is InChI=1S/C21H24N2O2/c1-25-19-9-4-6-16(12-19)15-23-11-5-10-21(23)13-17-7-2-3-8-18(17)14-22-20(21)24/h2-4,6-9,12H,5,10-11,13-15H2,1H3,(H,22,24). The van der Waals surface area contributed by atoms with E-state index in [1.807, 2.05) is 18.2 Å². The molecule has 0 aromatic heterocycles. The van der Waals surface area contributed by atoms with Gasteiger partial charge in [-0.05, 0) is 48.2 Å². The average Bonchev–Trinajstić information content (AvgIpc) is 2.97. The maximum atomic E-state index is 13.1. The van der Waals surface area contributed by atoms with E-state index in [1.165, 1.54) is 16.7 Å². The van der Waals surface area contributed by atoms with Gasteiger partial charge in [0, 0.05) is 19.5 Å². The van der Waals surface area contributed by atoms with Crippen LogP contribution < -0.4 is 10.1 Å². The molecule has 25 heavy (non-hydrogen) atoms. The lowest BCUT2D eigenvalue weighted by Crippen LogP contribution is -2.55. The van der Waals surface area contributed by atoms with E-state index in [4.69, 9.17) is 4.74 Å². The number of hydrogen-bond acceptors (Lipinski definition) is 3. The molecular weight excluding hydrogens is 312 g/mol. The van der Waals surface area contributed by atoms with Crippen LogP contribution in [0, 0.1) is 0 Å². The lowest BCUT2D eigenvalue weighted by Gasteiger charge is -2.36. The summed E-state index contributed by atoms with van der Waals surface area (Å²) in [5.41, 5.74) is 3.28. The van der Waals surface area contributed by atoms with E-state index in [-0.39, 0.29) is 5.91 Å². The Balaban J connectivity index is 1.65. The molecule has 1 amide bonds. The van der Waals surface area contributed by atoms with Crippen molar-refractivity contribution in [2.75, 3.05) is 13.7 Å². The summed E-state index contributed by atoms with van der Waals surface area (Å²) >= 11 is 0. The van der Waals surface area contributed by atoms with Crippen LogP contribution in [0.5, 0.6) is 5.75 Å². The zero-order chi connectivity index (χ0) is 17.3. The number of carbonyl (C=O) groups excluding carboxylic acids is 1. The van der Waals surface area contributed by atoms with Crippen LogP contribution in [0.3, 0.4) is 0 Å². The number of methoxy groups -OCH3 is 1. The Kier molecular flexibility index (Phi) is 4.22. The van der Waals surface area contributed by atoms with E-state index in [0.717, 1.165) is 38.1 Å². The molecule has 2 heterocycles. The first-order valence-electron chi connectivity index (χ1n) is 8.94. The number of benzene rings is 2. The van der Waals surface area contributed by atoms with Crippen molar-refractivity contribution >= 4 is 5.91 Å². The van der Waals surface area contributed by atoms with Gasteiger partial charge in [-0.2, -0.15) is 0 Å². The summed E-state index contributed by atoms with van der Waals surface area (Å²) in [4.78, 5) is 15.4. The molecule has 1 spiro atoms. The number of ether oxygens (including phenoxy) is 1. The van der Waals surface area contributed by atoms with Gasteiger partial charge < -0.3 is 10.1 Å². The lowest BCUT2D eigenvalue weighted by atomic mass is 9.86. The quantitative estimate of drug-likeness (QED) is 0.937. The molecular formula is C21H24N2O2. The topological polar surface area (TPSA) is 41.6 Å². The number of carbonyl (C=O) groups is 1. The fraction of sp³-hybridized carbons (Fsp3) is 0.381. The molecule has 2 aliphatic heterocycles. The molecule has 0 radical (unpaired) electrons. The van der Waals surface area contributed by atoms with Gasteiger partial charge in [0.15, 0.2) is 0 Å². The monoisotopic (exact) mass is 336 g/mol. The number of nitrogens with zero attached hydrogens (tertiary/aromatic N) is 1. The summed E-state index contributed by atoms with van der Waals surface area (Å²) < 4.78 is 5.35. The number of fused-ring (bicyclic) bond motifs is 1. The van der Waals surface area contributed by atoms with Gasteiger partial charge in [0.1, 0.15) is 11.3 Å². The second-order valence-electron chi connectivity index (χ2n) is 7.04. The Bertz CT molecular complexity index is 789. The molecule has 1 saturated heterocycles. The maximum Gasteiger partial charge on any atom is 0.241 e. The van der Waals surface area contributed by atoms with Crippen molar-refractivity contribution in [3.63, 3.8) is 0 Å². The van der Waals surface area contributed by atoms with Gasteiger partial charge in [-0.25, -0.2) is 0 Å². The minimum absolute atomic E-state index is 0.170. The Hall–Kier alpha value is -2.33. The summed E-state index contributed by atoms with van der Waals surface area (Å²) in [6, 6.07) is 16.5. The minimum atomic E-state index is -0.435. The van der Waals surface area contributed by atoms with Crippen molar-refractivity contribution in [1.82, 2.24) is 10.2 Å². The van der Waals surface area contributed by atoms with Crippen LogP contribution in [0.15, 0.2) is 48.5 Å². The van der Waals surface area contributed by atoms with E-state index >= 15 is 0 Å². The second kappa shape index (κ2) is 6.52. The normalized spacial score (nSPS) is 23.2. The molecule has 2 aromatic carbocycles. The van der Waals surface area contributed by atoms with Gasteiger partial charge in [0.2, 0.25) is 5.91 Å². The van der Waals surface area contributed by atoms with Crippen molar-refractivity contribution in [3.05, 3.63) is 65.2 Å². The number of hydrogen-bond donors (Lipinski definition) is 1. The zero-order valence-corrected chi connectivity index (χ0v) is 14.6. The molecule has 1 N–H and O–H groups in total. The van der Waals surface area contributed by atoms with Crippen LogP contribution in [0.2, 0.25) is 0 Å². The van der Waals surface area contributed by atoms with E-state index in [0.29, 0.717) is 6.54 Å². The summed E-state index contributed by atoms with van der Waals surface area (Å²) in [5, 5.41) is 3.17. The highest BCUT2D eigenvalue weighted by atomic mass is 16.5. The fourth-order valence-electron chi connectivity index (χ4n) is 4.25. The van der Waals surface area contributed by atoms with Gasteiger partial charge in [0.25, 0.3) is 0 Å². The first kappa shape index (κ1) is 16.2. The van der Waals surface area contributed by atoms with Crippen molar-refractivity contribution < 1.29 is 9.53 Å². The van der Waals surface area contributed by atoms with Crippen molar-refractivity contribution in [2.24, 2.45) is 0 Å².